The van der Waals surface area contributed by atoms with Crippen LogP contribution in [0.15, 0.2) is 22.7 Å². The van der Waals surface area contributed by atoms with Gasteiger partial charge in [0.2, 0.25) is 0 Å². The van der Waals surface area contributed by atoms with Crippen molar-refractivity contribution in [3.63, 3.8) is 0 Å². The van der Waals surface area contributed by atoms with Crippen molar-refractivity contribution in [2.45, 2.75) is 19.0 Å². The number of alkyl halides is 3. The predicted molar refractivity (Wildman–Crippen MR) is 75.0 cm³/mol. The molecule has 1 aromatic rings. The molecule has 1 aliphatic rings. The van der Waals surface area contributed by atoms with Crippen LogP contribution >= 0.6 is 15.9 Å². The summed E-state index contributed by atoms with van der Waals surface area (Å²) in [6.07, 6.45) is -2.60. The summed E-state index contributed by atoms with van der Waals surface area (Å²) < 4.78 is 43.6. The predicted octanol–water partition coefficient (Wildman–Crippen LogP) is 3.62. The molecule has 0 spiro atoms. The number of nitrogens with one attached hydrogen (secondary N) is 1. The monoisotopic (exact) mass is 365 g/mol. The minimum atomic E-state index is -4.49. The van der Waals surface area contributed by atoms with Crippen molar-refractivity contribution in [3.8, 4) is 0 Å². The van der Waals surface area contributed by atoms with Crippen LogP contribution in [-0.2, 0) is 10.9 Å². The highest BCUT2D eigenvalue weighted by molar-refractivity contribution is 9.10. The average molecular weight is 366 g/mol. The van der Waals surface area contributed by atoms with E-state index >= 15 is 0 Å². The molecule has 1 amide bonds. The number of ether oxygens (including phenoxy) is 1. The molecule has 1 N–H and O–H groups in total. The molecule has 1 saturated heterocycles. The molecular formula is C14H15BrF3NO2. The lowest BCUT2D eigenvalue weighted by molar-refractivity contribution is -0.138. The topological polar surface area (TPSA) is 38.3 Å². The van der Waals surface area contributed by atoms with Crippen molar-refractivity contribution in [2.24, 2.45) is 5.92 Å². The van der Waals surface area contributed by atoms with Gasteiger partial charge in [-0.05, 0) is 37.0 Å². The third kappa shape index (κ3) is 4.44. The van der Waals surface area contributed by atoms with Crippen molar-refractivity contribution >= 4 is 21.8 Å². The highest BCUT2D eigenvalue weighted by Gasteiger charge is 2.33. The van der Waals surface area contributed by atoms with E-state index in [1.807, 2.05) is 0 Å². The van der Waals surface area contributed by atoms with E-state index in [1.165, 1.54) is 12.1 Å². The Morgan fingerprint density at radius 3 is 2.81 bits per heavy atom. The van der Waals surface area contributed by atoms with Gasteiger partial charge in [0.05, 0.1) is 12.2 Å². The molecule has 7 heteroatoms. The zero-order valence-electron chi connectivity index (χ0n) is 11.2. The fourth-order valence-electron chi connectivity index (χ4n) is 2.19. The fraction of sp³-hybridized carbons (Fsp3) is 0.500. The molecule has 1 heterocycles. The molecule has 1 unspecified atom stereocenters. The average Bonchev–Trinajstić information content (AvgIpc) is 2.45. The van der Waals surface area contributed by atoms with Gasteiger partial charge in [0, 0.05) is 23.2 Å². The van der Waals surface area contributed by atoms with Crippen molar-refractivity contribution < 1.29 is 22.7 Å². The van der Waals surface area contributed by atoms with Crippen LogP contribution < -0.4 is 5.32 Å². The second-order valence-corrected chi connectivity index (χ2v) is 5.84. The number of rotatable bonds is 3. The van der Waals surface area contributed by atoms with E-state index in [9.17, 15) is 18.0 Å². The number of hydrogen-bond donors (Lipinski definition) is 1. The van der Waals surface area contributed by atoms with Gasteiger partial charge in [-0.3, -0.25) is 4.79 Å². The molecule has 1 aliphatic heterocycles. The maximum absolute atomic E-state index is 12.8. The minimum absolute atomic E-state index is 0.00209. The summed E-state index contributed by atoms with van der Waals surface area (Å²) in [4.78, 5) is 11.9. The first-order chi connectivity index (χ1) is 9.88. The van der Waals surface area contributed by atoms with Crippen LogP contribution in [-0.4, -0.2) is 25.7 Å². The van der Waals surface area contributed by atoms with Crippen molar-refractivity contribution in [1.82, 2.24) is 5.32 Å². The summed E-state index contributed by atoms with van der Waals surface area (Å²) in [6.45, 7) is 1.72. The van der Waals surface area contributed by atoms with Crippen LogP contribution in [0.5, 0.6) is 0 Å². The van der Waals surface area contributed by atoms with Gasteiger partial charge in [0.25, 0.3) is 5.91 Å². The van der Waals surface area contributed by atoms with E-state index in [0.717, 1.165) is 25.5 Å². The normalized spacial score (nSPS) is 19.3. The first kappa shape index (κ1) is 16.3. The van der Waals surface area contributed by atoms with Crippen LogP contribution in [0.25, 0.3) is 0 Å². The molecule has 2 rings (SSSR count). The Hall–Kier alpha value is -1.08. The summed E-state index contributed by atoms with van der Waals surface area (Å²) in [7, 11) is 0. The first-order valence-electron chi connectivity index (χ1n) is 6.60. The van der Waals surface area contributed by atoms with Crippen molar-refractivity contribution in [3.05, 3.63) is 33.8 Å². The molecule has 0 saturated carbocycles. The standard InChI is InChI=1S/C14H15BrF3NO2/c15-12-4-3-10(6-11(12)14(16,17)18)13(20)19-7-9-2-1-5-21-8-9/h3-4,6,9H,1-2,5,7-8H2,(H,19,20). The van der Waals surface area contributed by atoms with E-state index in [2.05, 4.69) is 21.2 Å². The summed E-state index contributed by atoms with van der Waals surface area (Å²) >= 11 is 2.85. The number of carbonyl (C=O) groups is 1. The highest BCUT2D eigenvalue weighted by Crippen LogP contribution is 2.35. The highest BCUT2D eigenvalue weighted by atomic mass is 79.9. The number of amides is 1. The number of hydrogen-bond acceptors (Lipinski definition) is 2. The Balaban J connectivity index is 2.02. The van der Waals surface area contributed by atoms with Gasteiger partial charge in [-0.2, -0.15) is 13.2 Å². The smallest absolute Gasteiger partial charge is 0.381 e. The van der Waals surface area contributed by atoms with Gasteiger partial charge in [-0.1, -0.05) is 15.9 Å². The van der Waals surface area contributed by atoms with Gasteiger partial charge < -0.3 is 10.1 Å². The molecular weight excluding hydrogens is 351 g/mol. The van der Waals surface area contributed by atoms with E-state index in [0.29, 0.717) is 13.2 Å². The van der Waals surface area contributed by atoms with Gasteiger partial charge in [0.1, 0.15) is 0 Å². The molecule has 3 nitrogen and oxygen atoms in total. The Bertz CT molecular complexity index is 513. The van der Waals surface area contributed by atoms with Crippen LogP contribution in [0.1, 0.15) is 28.8 Å². The third-order valence-electron chi connectivity index (χ3n) is 3.34. The molecule has 0 aliphatic carbocycles. The van der Waals surface area contributed by atoms with Crippen LogP contribution in [0, 0.1) is 5.92 Å². The van der Waals surface area contributed by atoms with Gasteiger partial charge in [-0.15, -0.1) is 0 Å². The Morgan fingerprint density at radius 2 is 2.19 bits per heavy atom. The summed E-state index contributed by atoms with van der Waals surface area (Å²) in [5.41, 5.74) is -0.849. The summed E-state index contributed by atoms with van der Waals surface area (Å²) in [6, 6.07) is 3.46. The van der Waals surface area contributed by atoms with E-state index in [-0.39, 0.29) is 16.0 Å². The molecule has 0 aromatic heterocycles. The lowest BCUT2D eigenvalue weighted by Gasteiger charge is -2.22. The summed E-state index contributed by atoms with van der Waals surface area (Å²) in [5.74, 6) is -0.279. The van der Waals surface area contributed by atoms with Crippen LogP contribution in [0.2, 0.25) is 0 Å². The molecule has 1 aromatic carbocycles. The first-order valence-corrected chi connectivity index (χ1v) is 7.40. The van der Waals surface area contributed by atoms with E-state index in [4.69, 9.17) is 4.74 Å². The van der Waals surface area contributed by atoms with Gasteiger partial charge in [-0.25, -0.2) is 0 Å². The van der Waals surface area contributed by atoms with E-state index < -0.39 is 17.6 Å². The molecule has 0 bridgehead atoms. The maximum Gasteiger partial charge on any atom is 0.417 e. The summed E-state index contributed by atoms with van der Waals surface area (Å²) in [5, 5.41) is 2.67. The zero-order chi connectivity index (χ0) is 15.5. The van der Waals surface area contributed by atoms with Crippen LogP contribution in [0.3, 0.4) is 0 Å². The quantitative estimate of drug-likeness (QED) is 0.888. The third-order valence-corrected chi connectivity index (χ3v) is 4.03. The minimum Gasteiger partial charge on any atom is -0.381 e. The number of carbonyl (C=O) groups excluding carboxylic acids is 1. The lowest BCUT2D eigenvalue weighted by Crippen LogP contribution is -2.33. The number of halogens is 4. The van der Waals surface area contributed by atoms with E-state index in [1.54, 1.807) is 0 Å². The number of benzene rings is 1. The molecule has 0 radical (unpaired) electrons. The van der Waals surface area contributed by atoms with Crippen molar-refractivity contribution in [2.75, 3.05) is 19.8 Å². The maximum atomic E-state index is 12.8. The SMILES string of the molecule is O=C(NCC1CCCOC1)c1ccc(Br)c(C(F)(F)F)c1. The molecule has 1 fully saturated rings. The molecule has 21 heavy (non-hydrogen) atoms. The Labute approximate surface area is 129 Å². The Kier molecular flexibility index (Phi) is 5.27. The molecule has 1 atom stereocenters. The largest absolute Gasteiger partial charge is 0.417 e. The van der Waals surface area contributed by atoms with Crippen molar-refractivity contribution in [1.29, 1.82) is 0 Å². The zero-order valence-corrected chi connectivity index (χ0v) is 12.8. The second kappa shape index (κ2) is 6.79. The Morgan fingerprint density at radius 1 is 1.43 bits per heavy atom. The van der Waals surface area contributed by atoms with Gasteiger partial charge in [0.15, 0.2) is 0 Å². The fourth-order valence-corrected chi connectivity index (χ4v) is 2.66. The lowest BCUT2D eigenvalue weighted by atomic mass is 10.0. The second-order valence-electron chi connectivity index (χ2n) is 4.99. The van der Waals surface area contributed by atoms with Gasteiger partial charge >= 0.3 is 6.18 Å². The molecule has 116 valence electrons. The van der Waals surface area contributed by atoms with Crippen LogP contribution in [0.4, 0.5) is 13.2 Å².